The van der Waals surface area contributed by atoms with Crippen molar-refractivity contribution in [3.63, 3.8) is 0 Å². The number of nitrogens with zero attached hydrogens (tertiary/aromatic N) is 3. The molecule has 1 aromatic heterocycles. The Morgan fingerprint density at radius 3 is 3.06 bits per heavy atom. The molecule has 0 aliphatic carbocycles. The fraction of sp³-hybridized carbons (Fsp3) is 0.727. The van der Waals surface area contributed by atoms with Gasteiger partial charge in [-0.1, -0.05) is 0 Å². The average molecular weight is 240 g/mol. The highest BCUT2D eigenvalue weighted by Gasteiger charge is 2.22. The first-order chi connectivity index (χ1) is 7.83. The van der Waals surface area contributed by atoms with Crippen LogP contribution in [0, 0.1) is 0 Å². The van der Waals surface area contributed by atoms with E-state index in [1.807, 2.05) is 31.3 Å². The van der Waals surface area contributed by atoms with E-state index in [0.29, 0.717) is 12.6 Å². The minimum Gasteiger partial charge on any atom is -0.336 e. The summed E-state index contributed by atoms with van der Waals surface area (Å²) in [6, 6.07) is 0.325. The number of hydrogen-bond donors (Lipinski definition) is 1. The van der Waals surface area contributed by atoms with Gasteiger partial charge in [-0.15, -0.1) is 0 Å². The summed E-state index contributed by atoms with van der Waals surface area (Å²) in [6.07, 6.45) is 5.05. The molecule has 16 heavy (non-hydrogen) atoms. The van der Waals surface area contributed by atoms with Crippen LogP contribution in [0.4, 0.5) is 0 Å². The van der Waals surface area contributed by atoms with E-state index >= 15 is 0 Å². The monoisotopic (exact) mass is 240 g/mol. The zero-order valence-electron chi connectivity index (χ0n) is 9.80. The molecular weight excluding hydrogens is 220 g/mol. The van der Waals surface area contributed by atoms with Crippen LogP contribution in [-0.2, 0) is 7.05 Å². The molecule has 2 heterocycles. The van der Waals surface area contributed by atoms with E-state index < -0.39 is 0 Å². The van der Waals surface area contributed by atoms with E-state index in [4.69, 9.17) is 5.73 Å². The minimum atomic E-state index is 0.325. The fourth-order valence-corrected chi connectivity index (χ4v) is 3.12. The van der Waals surface area contributed by atoms with Crippen molar-refractivity contribution in [3.05, 3.63) is 18.2 Å². The van der Waals surface area contributed by atoms with Gasteiger partial charge in [-0.3, -0.25) is 4.90 Å². The Balaban J connectivity index is 2.12. The number of nitrogens with two attached hydrogens (primary N) is 1. The molecule has 0 aromatic carbocycles. The molecule has 5 heteroatoms. The predicted octanol–water partition coefficient (Wildman–Crippen LogP) is 0.859. The third-order valence-electron chi connectivity index (χ3n) is 3.12. The standard InChI is InChI=1S/C11H20N4S/c1-14-9-13-8-11(14)10(7-12)15-3-2-5-16-6-4-15/h8-10H,2-7,12H2,1H3. The highest BCUT2D eigenvalue weighted by molar-refractivity contribution is 7.99. The number of hydrogen-bond acceptors (Lipinski definition) is 4. The van der Waals surface area contributed by atoms with Crippen molar-refractivity contribution in [1.29, 1.82) is 0 Å². The number of rotatable bonds is 3. The molecule has 2 N–H and O–H groups in total. The zero-order chi connectivity index (χ0) is 11.4. The molecule has 1 aliphatic rings. The normalized spacial score (nSPS) is 20.6. The van der Waals surface area contributed by atoms with Gasteiger partial charge >= 0.3 is 0 Å². The summed E-state index contributed by atoms with van der Waals surface area (Å²) in [5, 5.41) is 0. The van der Waals surface area contributed by atoms with E-state index in [1.54, 1.807) is 0 Å². The molecule has 1 aromatic rings. The molecule has 0 radical (unpaired) electrons. The second-order valence-corrected chi connectivity index (χ2v) is 5.41. The summed E-state index contributed by atoms with van der Waals surface area (Å²) in [5.74, 6) is 2.49. The van der Waals surface area contributed by atoms with Crippen LogP contribution in [0.15, 0.2) is 12.5 Å². The van der Waals surface area contributed by atoms with Crippen LogP contribution in [0.2, 0.25) is 0 Å². The van der Waals surface area contributed by atoms with E-state index in [0.717, 1.165) is 13.1 Å². The van der Waals surface area contributed by atoms with Gasteiger partial charge in [0.1, 0.15) is 0 Å². The molecule has 4 nitrogen and oxygen atoms in total. The van der Waals surface area contributed by atoms with Crippen molar-refractivity contribution in [3.8, 4) is 0 Å². The average Bonchev–Trinajstić information content (AvgIpc) is 2.57. The molecular formula is C11H20N4S. The first kappa shape index (κ1) is 12.0. The molecule has 1 atom stereocenters. The van der Waals surface area contributed by atoms with Crippen molar-refractivity contribution >= 4 is 11.8 Å². The second-order valence-electron chi connectivity index (χ2n) is 4.18. The van der Waals surface area contributed by atoms with Gasteiger partial charge in [0.05, 0.1) is 18.1 Å². The highest BCUT2D eigenvalue weighted by atomic mass is 32.2. The Hall–Kier alpha value is -0.520. The molecule has 0 spiro atoms. The molecule has 1 aliphatic heterocycles. The zero-order valence-corrected chi connectivity index (χ0v) is 10.6. The summed E-state index contributed by atoms with van der Waals surface area (Å²) in [4.78, 5) is 6.68. The van der Waals surface area contributed by atoms with Gasteiger partial charge < -0.3 is 10.3 Å². The Kier molecular flexibility index (Phi) is 4.26. The molecule has 2 rings (SSSR count). The van der Waals surface area contributed by atoms with Gasteiger partial charge in [-0.25, -0.2) is 4.98 Å². The van der Waals surface area contributed by atoms with Crippen molar-refractivity contribution in [2.45, 2.75) is 12.5 Å². The van der Waals surface area contributed by atoms with Gasteiger partial charge in [0.2, 0.25) is 0 Å². The summed E-state index contributed by atoms with van der Waals surface area (Å²) in [5.41, 5.74) is 7.16. The Morgan fingerprint density at radius 1 is 1.50 bits per heavy atom. The first-order valence-corrected chi connectivity index (χ1v) is 6.96. The van der Waals surface area contributed by atoms with Crippen LogP contribution >= 0.6 is 11.8 Å². The molecule has 0 saturated carbocycles. The van der Waals surface area contributed by atoms with Crippen molar-refractivity contribution < 1.29 is 0 Å². The van der Waals surface area contributed by atoms with Crippen molar-refractivity contribution in [2.24, 2.45) is 12.8 Å². The largest absolute Gasteiger partial charge is 0.336 e. The van der Waals surface area contributed by atoms with Crippen LogP contribution in [0.1, 0.15) is 18.2 Å². The second kappa shape index (κ2) is 5.70. The molecule has 0 bridgehead atoms. The fourth-order valence-electron chi connectivity index (χ4n) is 2.22. The van der Waals surface area contributed by atoms with E-state index in [-0.39, 0.29) is 0 Å². The minimum absolute atomic E-state index is 0.325. The van der Waals surface area contributed by atoms with E-state index in [1.165, 1.54) is 23.6 Å². The maximum absolute atomic E-state index is 5.93. The topological polar surface area (TPSA) is 47.1 Å². The Morgan fingerprint density at radius 2 is 2.38 bits per heavy atom. The first-order valence-electron chi connectivity index (χ1n) is 5.81. The highest BCUT2D eigenvalue weighted by Crippen LogP contribution is 2.22. The molecule has 90 valence electrons. The summed E-state index contributed by atoms with van der Waals surface area (Å²) < 4.78 is 2.08. The van der Waals surface area contributed by atoms with Crippen molar-refractivity contribution in [1.82, 2.24) is 14.5 Å². The van der Waals surface area contributed by atoms with Crippen LogP contribution in [-0.4, -0.2) is 45.6 Å². The summed E-state index contributed by atoms with van der Waals surface area (Å²) in [6.45, 7) is 2.96. The summed E-state index contributed by atoms with van der Waals surface area (Å²) in [7, 11) is 2.04. The number of imidazole rings is 1. The molecule has 1 saturated heterocycles. The van der Waals surface area contributed by atoms with Crippen LogP contribution in [0.25, 0.3) is 0 Å². The molecule has 1 unspecified atom stereocenters. The number of thioether (sulfide) groups is 1. The van der Waals surface area contributed by atoms with E-state index in [9.17, 15) is 0 Å². The van der Waals surface area contributed by atoms with Gasteiger partial charge in [-0.05, 0) is 18.7 Å². The Labute approximate surface area is 101 Å². The third-order valence-corrected chi connectivity index (χ3v) is 4.16. The van der Waals surface area contributed by atoms with Crippen LogP contribution in [0.3, 0.4) is 0 Å². The van der Waals surface area contributed by atoms with Gasteiger partial charge in [0.15, 0.2) is 0 Å². The Bertz CT molecular complexity index is 318. The number of aromatic nitrogens is 2. The van der Waals surface area contributed by atoms with Crippen molar-refractivity contribution in [2.75, 3.05) is 31.1 Å². The third kappa shape index (κ3) is 2.59. The lowest BCUT2D eigenvalue weighted by Crippen LogP contribution is -2.36. The van der Waals surface area contributed by atoms with Gasteiger partial charge in [0.25, 0.3) is 0 Å². The number of aryl methyl sites for hydroxylation is 1. The maximum Gasteiger partial charge on any atom is 0.0946 e. The summed E-state index contributed by atoms with van der Waals surface area (Å²) >= 11 is 2.04. The lowest BCUT2D eigenvalue weighted by atomic mass is 10.1. The lowest BCUT2D eigenvalue weighted by Gasteiger charge is -2.29. The van der Waals surface area contributed by atoms with Crippen LogP contribution < -0.4 is 5.73 Å². The predicted molar refractivity (Wildman–Crippen MR) is 68.5 cm³/mol. The van der Waals surface area contributed by atoms with Gasteiger partial charge in [-0.2, -0.15) is 11.8 Å². The molecule has 0 amide bonds. The van der Waals surface area contributed by atoms with E-state index in [2.05, 4.69) is 14.5 Å². The SMILES string of the molecule is Cn1cncc1C(CN)N1CCCSCC1. The maximum atomic E-state index is 5.93. The lowest BCUT2D eigenvalue weighted by molar-refractivity contribution is 0.211. The van der Waals surface area contributed by atoms with Gasteiger partial charge in [0, 0.05) is 32.1 Å². The molecule has 1 fully saturated rings. The quantitative estimate of drug-likeness (QED) is 0.851. The smallest absolute Gasteiger partial charge is 0.0946 e. The van der Waals surface area contributed by atoms with Crippen LogP contribution in [0.5, 0.6) is 0 Å².